The van der Waals surface area contributed by atoms with E-state index in [1.807, 2.05) is 44.2 Å². The Morgan fingerprint density at radius 1 is 1.00 bits per heavy atom. The predicted octanol–water partition coefficient (Wildman–Crippen LogP) is 3.11. The molecule has 0 bridgehead atoms. The molecule has 0 radical (unpaired) electrons. The molecule has 2 rings (SSSR count). The van der Waals surface area contributed by atoms with E-state index in [9.17, 15) is 0 Å². The van der Waals surface area contributed by atoms with Crippen LogP contribution >= 0.6 is 0 Å². The molecule has 1 heterocycles. The molecule has 0 aliphatic heterocycles. The topological polar surface area (TPSA) is 44.2 Å². The first kappa shape index (κ1) is 14.3. The summed E-state index contributed by atoms with van der Waals surface area (Å²) in [5.74, 6) is 2.52. The third-order valence-corrected chi connectivity index (χ3v) is 2.88. The second-order valence-corrected chi connectivity index (χ2v) is 4.70. The molecule has 0 aliphatic carbocycles. The Labute approximate surface area is 119 Å². The van der Waals surface area contributed by atoms with Gasteiger partial charge in [-0.05, 0) is 38.5 Å². The van der Waals surface area contributed by atoms with Gasteiger partial charge in [0.15, 0.2) is 0 Å². The Balaban J connectivity index is 1.81. The van der Waals surface area contributed by atoms with Crippen LogP contribution in [-0.2, 0) is 6.42 Å². The van der Waals surface area contributed by atoms with Gasteiger partial charge in [0.05, 0.1) is 13.7 Å². The average Bonchev–Trinajstić information content (AvgIpc) is 2.43. The Kier molecular flexibility index (Phi) is 4.93. The molecule has 0 saturated carbocycles. The molecular weight excluding hydrogens is 252 g/mol. The first-order chi connectivity index (χ1) is 9.67. The van der Waals surface area contributed by atoms with Gasteiger partial charge in [-0.15, -0.1) is 0 Å². The maximum Gasteiger partial charge on any atom is 0.128 e. The zero-order chi connectivity index (χ0) is 14.4. The van der Waals surface area contributed by atoms with Crippen molar-refractivity contribution in [2.45, 2.75) is 26.7 Å². The standard InChI is InChI=1S/C16H20N2O2/c1-12-10-13(2)18-16(17-12)8-5-9-20-15-7-4-6-14(11-15)19-3/h4,6-7,10-11H,5,8-9H2,1-3H3. The molecule has 1 aromatic heterocycles. The lowest BCUT2D eigenvalue weighted by molar-refractivity contribution is 0.307. The Hall–Kier alpha value is -2.10. The normalized spacial score (nSPS) is 10.3. The molecule has 20 heavy (non-hydrogen) atoms. The number of nitrogens with zero attached hydrogens (tertiary/aromatic N) is 2. The van der Waals surface area contributed by atoms with Crippen molar-refractivity contribution in [2.24, 2.45) is 0 Å². The highest BCUT2D eigenvalue weighted by Crippen LogP contribution is 2.18. The van der Waals surface area contributed by atoms with Crippen LogP contribution in [0.15, 0.2) is 30.3 Å². The smallest absolute Gasteiger partial charge is 0.128 e. The van der Waals surface area contributed by atoms with Gasteiger partial charge in [-0.1, -0.05) is 6.07 Å². The van der Waals surface area contributed by atoms with Crippen molar-refractivity contribution in [3.8, 4) is 11.5 Å². The molecule has 0 fully saturated rings. The van der Waals surface area contributed by atoms with E-state index >= 15 is 0 Å². The number of rotatable bonds is 6. The molecule has 1 aromatic carbocycles. The average molecular weight is 272 g/mol. The maximum atomic E-state index is 5.70. The van der Waals surface area contributed by atoms with Gasteiger partial charge in [-0.3, -0.25) is 0 Å². The van der Waals surface area contributed by atoms with E-state index in [-0.39, 0.29) is 0 Å². The number of methoxy groups -OCH3 is 1. The SMILES string of the molecule is COc1cccc(OCCCc2nc(C)cc(C)n2)c1. The van der Waals surface area contributed by atoms with Crippen molar-refractivity contribution >= 4 is 0 Å². The molecule has 0 atom stereocenters. The Morgan fingerprint density at radius 2 is 1.70 bits per heavy atom. The summed E-state index contributed by atoms with van der Waals surface area (Å²) in [6.07, 6.45) is 1.71. The fourth-order valence-electron chi connectivity index (χ4n) is 2.02. The van der Waals surface area contributed by atoms with E-state index in [1.165, 1.54) is 0 Å². The highest BCUT2D eigenvalue weighted by molar-refractivity contribution is 5.32. The number of benzene rings is 1. The number of ether oxygens (including phenoxy) is 2. The van der Waals surface area contributed by atoms with Gasteiger partial charge in [0.25, 0.3) is 0 Å². The van der Waals surface area contributed by atoms with Gasteiger partial charge in [-0.2, -0.15) is 0 Å². The van der Waals surface area contributed by atoms with Gasteiger partial charge < -0.3 is 9.47 Å². The van der Waals surface area contributed by atoms with Crippen molar-refractivity contribution in [1.82, 2.24) is 9.97 Å². The van der Waals surface area contributed by atoms with Crippen LogP contribution in [0.5, 0.6) is 11.5 Å². The molecule has 2 aromatic rings. The third-order valence-electron chi connectivity index (χ3n) is 2.88. The summed E-state index contributed by atoms with van der Waals surface area (Å²) >= 11 is 0. The van der Waals surface area contributed by atoms with Gasteiger partial charge in [-0.25, -0.2) is 9.97 Å². The molecule has 4 heteroatoms. The van der Waals surface area contributed by atoms with E-state index in [0.29, 0.717) is 6.61 Å². The molecule has 0 N–H and O–H groups in total. The molecular formula is C16H20N2O2. The summed E-state index contributed by atoms with van der Waals surface area (Å²) in [5.41, 5.74) is 2.03. The summed E-state index contributed by atoms with van der Waals surface area (Å²) in [7, 11) is 1.65. The van der Waals surface area contributed by atoms with Crippen molar-refractivity contribution in [1.29, 1.82) is 0 Å². The predicted molar refractivity (Wildman–Crippen MR) is 78.3 cm³/mol. The third kappa shape index (κ3) is 4.23. The fraction of sp³-hybridized carbons (Fsp3) is 0.375. The second kappa shape index (κ2) is 6.89. The monoisotopic (exact) mass is 272 g/mol. The Morgan fingerprint density at radius 3 is 2.40 bits per heavy atom. The highest BCUT2D eigenvalue weighted by atomic mass is 16.5. The molecule has 106 valence electrons. The first-order valence-electron chi connectivity index (χ1n) is 6.75. The van der Waals surface area contributed by atoms with E-state index in [0.717, 1.165) is 41.6 Å². The van der Waals surface area contributed by atoms with Crippen LogP contribution < -0.4 is 9.47 Å². The number of aryl methyl sites for hydroxylation is 3. The van der Waals surface area contributed by atoms with Crippen molar-refractivity contribution in [2.75, 3.05) is 13.7 Å². The summed E-state index contributed by atoms with van der Waals surface area (Å²) in [5, 5.41) is 0. The zero-order valence-corrected chi connectivity index (χ0v) is 12.2. The van der Waals surface area contributed by atoms with Crippen LogP contribution in [0.2, 0.25) is 0 Å². The highest BCUT2D eigenvalue weighted by Gasteiger charge is 2.01. The molecule has 4 nitrogen and oxygen atoms in total. The van der Waals surface area contributed by atoms with Crippen molar-refractivity contribution in [3.05, 3.63) is 47.5 Å². The van der Waals surface area contributed by atoms with Crippen LogP contribution in [0.1, 0.15) is 23.6 Å². The van der Waals surface area contributed by atoms with E-state index in [2.05, 4.69) is 9.97 Å². The minimum atomic E-state index is 0.642. The lowest BCUT2D eigenvalue weighted by atomic mass is 10.2. The maximum absolute atomic E-state index is 5.70. The zero-order valence-electron chi connectivity index (χ0n) is 12.2. The lowest BCUT2D eigenvalue weighted by Gasteiger charge is -2.07. The van der Waals surface area contributed by atoms with Gasteiger partial charge in [0, 0.05) is 23.9 Å². The van der Waals surface area contributed by atoms with Crippen LogP contribution in [0.25, 0.3) is 0 Å². The molecule has 0 unspecified atom stereocenters. The van der Waals surface area contributed by atoms with Crippen LogP contribution in [-0.4, -0.2) is 23.7 Å². The fourth-order valence-corrected chi connectivity index (χ4v) is 2.02. The lowest BCUT2D eigenvalue weighted by Crippen LogP contribution is -2.04. The molecule has 0 amide bonds. The first-order valence-corrected chi connectivity index (χ1v) is 6.75. The largest absolute Gasteiger partial charge is 0.497 e. The summed E-state index contributed by atoms with van der Waals surface area (Å²) < 4.78 is 10.9. The van der Waals surface area contributed by atoms with Crippen LogP contribution in [0, 0.1) is 13.8 Å². The molecule has 0 aliphatic rings. The van der Waals surface area contributed by atoms with Crippen LogP contribution in [0.3, 0.4) is 0 Å². The van der Waals surface area contributed by atoms with Gasteiger partial charge >= 0.3 is 0 Å². The van der Waals surface area contributed by atoms with Gasteiger partial charge in [0.1, 0.15) is 17.3 Å². The minimum Gasteiger partial charge on any atom is -0.497 e. The number of aromatic nitrogens is 2. The molecule has 0 spiro atoms. The van der Waals surface area contributed by atoms with Crippen molar-refractivity contribution in [3.63, 3.8) is 0 Å². The van der Waals surface area contributed by atoms with Gasteiger partial charge in [0.2, 0.25) is 0 Å². The van der Waals surface area contributed by atoms with E-state index in [1.54, 1.807) is 7.11 Å². The summed E-state index contributed by atoms with van der Waals surface area (Å²) in [6, 6.07) is 9.61. The van der Waals surface area contributed by atoms with Crippen LogP contribution in [0.4, 0.5) is 0 Å². The van der Waals surface area contributed by atoms with Crippen molar-refractivity contribution < 1.29 is 9.47 Å². The van der Waals surface area contributed by atoms with E-state index < -0.39 is 0 Å². The minimum absolute atomic E-state index is 0.642. The van der Waals surface area contributed by atoms with E-state index in [4.69, 9.17) is 9.47 Å². The Bertz CT molecular complexity index is 550. The summed E-state index contributed by atoms with van der Waals surface area (Å²) in [6.45, 7) is 4.62. The number of hydrogen-bond acceptors (Lipinski definition) is 4. The summed E-state index contributed by atoms with van der Waals surface area (Å²) in [4.78, 5) is 8.84. The number of hydrogen-bond donors (Lipinski definition) is 0. The quantitative estimate of drug-likeness (QED) is 0.758. The second-order valence-electron chi connectivity index (χ2n) is 4.70. The molecule has 0 saturated heterocycles.